The number of nitrogens with one attached hydrogen (secondary N) is 1. The molecule has 9 nitrogen and oxygen atoms in total. The summed E-state index contributed by atoms with van der Waals surface area (Å²) in [6.45, 7) is 3.26. The number of primary amides is 1. The van der Waals surface area contributed by atoms with E-state index in [9.17, 15) is 18.8 Å². The van der Waals surface area contributed by atoms with Gasteiger partial charge in [-0.25, -0.2) is 4.39 Å². The largest absolute Gasteiger partial charge is 0.376 e. The molecule has 11 heteroatoms. The Morgan fingerprint density at radius 1 is 1.12 bits per heavy atom. The molecule has 0 radical (unpaired) electrons. The second kappa shape index (κ2) is 11.9. The van der Waals surface area contributed by atoms with E-state index in [0.717, 1.165) is 17.2 Å². The monoisotopic (exact) mass is 569 g/mol. The summed E-state index contributed by atoms with van der Waals surface area (Å²) in [5.74, 6) is -2.35. The SMILES string of the molecule is C[C@@H]1Cc2ccc(Cl)cc2-c2cc(=O)n([C@@H](C[C@@H]3COCCO3)C(=O)Nc3ccc(C(N)=O)c(F)c3)cc2CO1. The normalized spacial score (nSPS) is 19.5. The van der Waals surface area contributed by atoms with Gasteiger partial charge in [-0.2, -0.15) is 0 Å². The number of carbonyl (C=O) groups excluding carboxylic acids is 2. The number of fused-ring (bicyclic) bond motifs is 3. The lowest BCUT2D eigenvalue weighted by molar-refractivity contribution is -0.124. The van der Waals surface area contributed by atoms with Gasteiger partial charge in [-0.05, 0) is 60.4 Å². The molecule has 1 fully saturated rings. The van der Waals surface area contributed by atoms with Crippen LogP contribution < -0.4 is 16.6 Å². The molecule has 0 unspecified atom stereocenters. The molecule has 40 heavy (non-hydrogen) atoms. The molecule has 3 aromatic rings. The van der Waals surface area contributed by atoms with E-state index >= 15 is 0 Å². The van der Waals surface area contributed by atoms with Crippen molar-refractivity contribution in [1.29, 1.82) is 0 Å². The van der Waals surface area contributed by atoms with Crippen LogP contribution in [0.3, 0.4) is 0 Å². The Hall–Kier alpha value is -3.57. The molecule has 0 saturated carbocycles. The van der Waals surface area contributed by atoms with E-state index in [4.69, 9.17) is 31.5 Å². The first-order valence-electron chi connectivity index (χ1n) is 12.9. The number of amides is 2. The van der Waals surface area contributed by atoms with Crippen LogP contribution in [0.15, 0.2) is 53.5 Å². The molecule has 0 aliphatic carbocycles. The maximum atomic E-state index is 14.4. The Bertz CT molecular complexity index is 1500. The molecule has 0 bridgehead atoms. The van der Waals surface area contributed by atoms with Gasteiger partial charge in [0.15, 0.2) is 0 Å². The van der Waals surface area contributed by atoms with Gasteiger partial charge in [-0.3, -0.25) is 14.4 Å². The number of aromatic nitrogens is 1. The zero-order chi connectivity index (χ0) is 28.4. The molecule has 3 atom stereocenters. The number of rotatable bonds is 6. The first kappa shape index (κ1) is 28.0. The smallest absolute Gasteiger partial charge is 0.251 e. The molecule has 2 aromatic carbocycles. The number of nitrogens with two attached hydrogens (primary N) is 1. The van der Waals surface area contributed by atoms with Gasteiger partial charge in [0.1, 0.15) is 11.9 Å². The van der Waals surface area contributed by atoms with Crippen LogP contribution in [-0.4, -0.2) is 48.4 Å². The minimum absolute atomic E-state index is 0.0846. The Morgan fingerprint density at radius 3 is 2.65 bits per heavy atom. The van der Waals surface area contributed by atoms with Crippen molar-refractivity contribution < 1.29 is 28.2 Å². The minimum Gasteiger partial charge on any atom is -0.376 e. The average molecular weight is 570 g/mol. The van der Waals surface area contributed by atoms with Crippen LogP contribution in [0.4, 0.5) is 10.1 Å². The third kappa shape index (κ3) is 6.10. The van der Waals surface area contributed by atoms with E-state index in [0.29, 0.717) is 35.8 Å². The summed E-state index contributed by atoms with van der Waals surface area (Å²) < 4.78 is 33.1. The van der Waals surface area contributed by atoms with Gasteiger partial charge < -0.3 is 29.8 Å². The van der Waals surface area contributed by atoms with Crippen LogP contribution in [0.25, 0.3) is 11.1 Å². The predicted molar refractivity (Wildman–Crippen MR) is 147 cm³/mol. The van der Waals surface area contributed by atoms with E-state index in [1.54, 1.807) is 12.3 Å². The number of benzene rings is 2. The average Bonchev–Trinajstić information content (AvgIpc) is 2.91. The van der Waals surface area contributed by atoms with Crippen LogP contribution in [0.2, 0.25) is 5.02 Å². The van der Waals surface area contributed by atoms with Crippen molar-refractivity contribution in [2.45, 2.75) is 44.6 Å². The third-order valence-corrected chi connectivity index (χ3v) is 7.30. The van der Waals surface area contributed by atoms with Gasteiger partial charge in [0.05, 0.1) is 44.2 Å². The molecule has 3 heterocycles. The molecule has 0 spiro atoms. The van der Waals surface area contributed by atoms with Gasteiger partial charge in [-0.15, -0.1) is 0 Å². The van der Waals surface area contributed by atoms with Crippen molar-refractivity contribution in [1.82, 2.24) is 4.57 Å². The number of hydrogen-bond donors (Lipinski definition) is 2. The molecule has 2 aliphatic rings. The van der Waals surface area contributed by atoms with Crippen molar-refractivity contribution in [2.75, 3.05) is 25.1 Å². The maximum absolute atomic E-state index is 14.4. The predicted octanol–water partition coefficient (Wildman–Crippen LogP) is 3.85. The zero-order valence-electron chi connectivity index (χ0n) is 21.8. The number of pyridine rings is 1. The number of ether oxygens (including phenoxy) is 3. The third-order valence-electron chi connectivity index (χ3n) is 7.07. The Labute approximate surface area is 235 Å². The summed E-state index contributed by atoms with van der Waals surface area (Å²) in [4.78, 5) is 38.6. The number of nitrogens with zero attached hydrogens (tertiary/aromatic N) is 1. The highest BCUT2D eigenvalue weighted by Crippen LogP contribution is 2.33. The molecular weight excluding hydrogens is 541 g/mol. The number of carbonyl (C=O) groups is 2. The van der Waals surface area contributed by atoms with E-state index in [2.05, 4.69) is 5.32 Å². The second-order valence-electron chi connectivity index (χ2n) is 9.95. The van der Waals surface area contributed by atoms with Crippen LogP contribution >= 0.6 is 11.6 Å². The molecule has 1 aromatic heterocycles. The summed E-state index contributed by atoms with van der Waals surface area (Å²) >= 11 is 6.31. The molecule has 3 N–H and O–H groups in total. The number of hydrogen-bond acceptors (Lipinski definition) is 6. The summed E-state index contributed by atoms with van der Waals surface area (Å²) in [6, 6.07) is 9.61. The second-order valence-corrected chi connectivity index (χ2v) is 10.4. The van der Waals surface area contributed by atoms with Gasteiger partial charge in [0.2, 0.25) is 5.91 Å². The quantitative estimate of drug-likeness (QED) is 0.465. The van der Waals surface area contributed by atoms with Crippen LogP contribution in [-0.2, 0) is 32.0 Å². The maximum Gasteiger partial charge on any atom is 0.251 e. The highest BCUT2D eigenvalue weighted by molar-refractivity contribution is 6.30. The lowest BCUT2D eigenvalue weighted by Gasteiger charge is -2.29. The summed E-state index contributed by atoms with van der Waals surface area (Å²) in [6.07, 6.45) is 1.89. The van der Waals surface area contributed by atoms with Gasteiger partial charge in [0, 0.05) is 35.0 Å². The first-order valence-corrected chi connectivity index (χ1v) is 13.3. The number of halogens is 2. The fourth-order valence-electron chi connectivity index (χ4n) is 5.07. The van der Waals surface area contributed by atoms with Gasteiger partial charge >= 0.3 is 0 Å². The van der Waals surface area contributed by atoms with Crippen molar-refractivity contribution in [3.63, 3.8) is 0 Å². The Balaban J connectivity index is 1.54. The molecular formula is C29H29ClFN3O6. The van der Waals surface area contributed by atoms with Crippen molar-refractivity contribution in [3.05, 3.63) is 86.5 Å². The Kier molecular flexibility index (Phi) is 8.32. The summed E-state index contributed by atoms with van der Waals surface area (Å²) in [7, 11) is 0. The van der Waals surface area contributed by atoms with E-state index in [1.807, 2.05) is 19.1 Å². The topological polar surface area (TPSA) is 122 Å². The van der Waals surface area contributed by atoms with E-state index in [1.165, 1.54) is 22.8 Å². The van der Waals surface area contributed by atoms with Crippen molar-refractivity contribution >= 4 is 29.1 Å². The van der Waals surface area contributed by atoms with E-state index < -0.39 is 35.3 Å². The highest BCUT2D eigenvalue weighted by Gasteiger charge is 2.29. The summed E-state index contributed by atoms with van der Waals surface area (Å²) in [5.41, 5.74) is 7.83. The van der Waals surface area contributed by atoms with Crippen LogP contribution in [0.5, 0.6) is 0 Å². The molecule has 210 valence electrons. The van der Waals surface area contributed by atoms with Gasteiger partial charge in [0.25, 0.3) is 11.5 Å². The standard InChI is InChI=1S/C29H29ClFN3O6/c1-16-8-17-2-3-19(30)9-23(17)24-12-27(35)34(13-18(24)14-40-16)26(11-21-15-38-6-7-39-21)29(37)33-20-4-5-22(28(32)36)25(31)10-20/h2-5,9-10,12-13,16,21,26H,6-8,11,14-15H2,1H3,(H2,32,36)(H,33,37)/t16-,21-,26+/m1/s1. The van der Waals surface area contributed by atoms with Gasteiger partial charge in [-0.1, -0.05) is 17.7 Å². The molecule has 2 aliphatic heterocycles. The minimum atomic E-state index is -1.02. The number of anilines is 1. The lowest BCUT2D eigenvalue weighted by atomic mass is 9.92. The van der Waals surface area contributed by atoms with Crippen molar-refractivity contribution in [2.24, 2.45) is 5.73 Å². The van der Waals surface area contributed by atoms with E-state index in [-0.39, 0.29) is 37.0 Å². The zero-order valence-corrected chi connectivity index (χ0v) is 22.6. The molecule has 2 amide bonds. The highest BCUT2D eigenvalue weighted by atomic mass is 35.5. The first-order chi connectivity index (χ1) is 19.2. The summed E-state index contributed by atoms with van der Waals surface area (Å²) in [5, 5.41) is 3.21. The molecule has 5 rings (SSSR count). The molecule has 1 saturated heterocycles. The fraction of sp³-hybridized carbons (Fsp3) is 0.345. The fourth-order valence-corrected chi connectivity index (χ4v) is 5.24. The van der Waals surface area contributed by atoms with Crippen LogP contribution in [0, 0.1) is 5.82 Å². The Morgan fingerprint density at radius 2 is 1.93 bits per heavy atom. The van der Waals surface area contributed by atoms with Crippen molar-refractivity contribution in [3.8, 4) is 11.1 Å². The van der Waals surface area contributed by atoms with Crippen LogP contribution in [0.1, 0.15) is 40.9 Å². The lowest BCUT2D eigenvalue weighted by Crippen LogP contribution is -2.39.